The van der Waals surface area contributed by atoms with Crippen LogP contribution in [-0.4, -0.2) is 74.3 Å². The monoisotopic (exact) mass is 498 g/mol. The molecule has 5 rings (SSSR count). The molecule has 0 spiro atoms. The maximum Gasteiger partial charge on any atom is 0.265 e. The Balaban J connectivity index is 1.33. The van der Waals surface area contributed by atoms with Crippen LogP contribution in [-0.2, 0) is 19.6 Å². The molecule has 3 heterocycles. The number of sulfonamides is 1. The highest BCUT2D eigenvalue weighted by molar-refractivity contribution is 7.89. The van der Waals surface area contributed by atoms with E-state index in [1.807, 2.05) is 18.2 Å². The van der Waals surface area contributed by atoms with Crippen LogP contribution in [0, 0.1) is 6.92 Å². The van der Waals surface area contributed by atoms with Gasteiger partial charge in [-0.2, -0.15) is 4.31 Å². The summed E-state index contributed by atoms with van der Waals surface area (Å²) in [5.74, 6) is -0.0861. The molecule has 186 valence electrons. The summed E-state index contributed by atoms with van der Waals surface area (Å²) in [5.41, 5.74) is 2.08. The average molecular weight is 499 g/mol. The van der Waals surface area contributed by atoms with E-state index in [0.29, 0.717) is 62.6 Å². The van der Waals surface area contributed by atoms with Gasteiger partial charge in [0.15, 0.2) is 6.10 Å². The van der Waals surface area contributed by atoms with Gasteiger partial charge >= 0.3 is 0 Å². The molecule has 10 heteroatoms. The topological polar surface area (TPSA) is 99.3 Å². The van der Waals surface area contributed by atoms with E-state index in [1.54, 1.807) is 24.8 Å². The lowest BCUT2D eigenvalue weighted by Crippen LogP contribution is -2.54. The Kier molecular flexibility index (Phi) is 6.18. The Hall–Kier alpha value is -3.11. The molecule has 0 aliphatic carbocycles. The Morgan fingerprint density at radius 2 is 1.77 bits per heavy atom. The maximum atomic E-state index is 13.7. The summed E-state index contributed by atoms with van der Waals surface area (Å²) in [7, 11) is -3.94. The molecule has 0 aromatic heterocycles. The van der Waals surface area contributed by atoms with Crippen molar-refractivity contribution in [1.82, 2.24) is 9.21 Å². The van der Waals surface area contributed by atoms with Crippen LogP contribution in [0.1, 0.15) is 25.3 Å². The molecule has 2 fully saturated rings. The third-order valence-corrected chi connectivity index (χ3v) is 9.05. The molecule has 3 aliphatic heterocycles. The molecule has 0 saturated carbocycles. The van der Waals surface area contributed by atoms with Gasteiger partial charge in [-0.15, -0.1) is 0 Å². The Bertz CT molecular complexity index is 1240. The molecule has 9 nitrogen and oxygen atoms in total. The van der Waals surface area contributed by atoms with Crippen molar-refractivity contribution in [3.63, 3.8) is 0 Å². The first-order valence-corrected chi connectivity index (χ1v) is 13.4. The predicted octanol–water partition coefficient (Wildman–Crippen LogP) is 2.22. The summed E-state index contributed by atoms with van der Waals surface area (Å²) in [4.78, 5) is 29.5. The number of hydrogen-bond donors (Lipinski definition) is 1. The van der Waals surface area contributed by atoms with Crippen molar-refractivity contribution in [2.24, 2.45) is 0 Å². The van der Waals surface area contributed by atoms with E-state index in [-0.39, 0.29) is 16.7 Å². The zero-order valence-corrected chi connectivity index (χ0v) is 20.8. The fraction of sp³-hybridized carbons (Fsp3) is 0.440. The molecule has 35 heavy (non-hydrogen) atoms. The normalized spacial score (nSPS) is 23.0. The van der Waals surface area contributed by atoms with Crippen molar-refractivity contribution in [3.8, 4) is 5.75 Å². The highest BCUT2D eigenvalue weighted by Gasteiger charge is 2.42. The standard InChI is InChI=1S/C25H30N4O5S/c1-17-15-20-22(34-18(2)24(30)26-20)16-23(17)35(32,33)29-10-6-9-21(29)25(31)28-13-11-27(12-14-28)19-7-4-3-5-8-19/h3-5,7-8,15-16,18,21H,6,9-14H2,1-2H3,(H,26,30)/t18-,21+/m1/s1. The van der Waals surface area contributed by atoms with E-state index in [4.69, 9.17) is 4.74 Å². The molecule has 1 N–H and O–H groups in total. The number of carbonyl (C=O) groups is 2. The Morgan fingerprint density at radius 3 is 2.49 bits per heavy atom. The number of fused-ring (bicyclic) bond motifs is 1. The number of para-hydroxylation sites is 1. The van der Waals surface area contributed by atoms with Crippen molar-refractivity contribution in [2.45, 2.75) is 43.7 Å². The molecular weight excluding hydrogens is 468 g/mol. The van der Waals surface area contributed by atoms with Gasteiger partial charge in [0.05, 0.1) is 10.6 Å². The smallest absolute Gasteiger partial charge is 0.265 e. The number of piperazine rings is 1. The van der Waals surface area contributed by atoms with Crippen LogP contribution in [0.4, 0.5) is 11.4 Å². The highest BCUT2D eigenvalue weighted by Crippen LogP contribution is 2.37. The van der Waals surface area contributed by atoms with E-state index in [1.165, 1.54) is 10.4 Å². The van der Waals surface area contributed by atoms with Crippen LogP contribution in [0.15, 0.2) is 47.4 Å². The van der Waals surface area contributed by atoms with Crippen molar-refractivity contribution >= 4 is 33.2 Å². The number of nitrogens with zero attached hydrogens (tertiary/aromatic N) is 3. The predicted molar refractivity (Wildman–Crippen MR) is 132 cm³/mol. The SMILES string of the molecule is Cc1cc2c(cc1S(=O)(=O)N1CCC[C@H]1C(=O)N1CCN(c3ccccc3)CC1)O[C@H](C)C(=O)N2. The van der Waals surface area contributed by atoms with E-state index in [9.17, 15) is 18.0 Å². The van der Waals surface area contributed by atoms with E-state index in [0.717, 1.165) is 5.69 Å². The first-order valence-electron chi connectivity index (χ1n) is 12.0. The second-order valence-electron chi connectivity index (χ2n) is 9.28. The summed E-state index contributed by atoms with van der Waals surface area (Å²) in [6.45, 7) is 6.13. The largest absolute Gasteiger partial charge is 0.479 e. The highest BCUT2D eigenvalue weighted by atomic mass is 32.2. The number of nitrogens with one attached hydrogen (secondary N) is 1. The fourth-order valence-electron chi connectivity index (χ4n) is 5.06. The molecule has 0 unspecified atom stereocenters. The van der Waals surface area contributed by atoms with Gasteiger partial charge < -0.3 is 19.9 Å². The summed E-state index contributed by atoms with van der Waals surface area (Å²) in [6.07, 6.45) is 0.425. The van der Waals surface area contributed by atoms with Crippen molar-refractivity contribution < 1.29 is 22.7 Å². The average Bonchev–Trinajstić information content (AvgIpc) is 3.36. The molecule has 2 amide bonds. The number of rotatable bonds is 4. The number of hydrogen-bond acceptors (Lipinski definition) is 6. The van der Waals surface area contributed by atoms with Crippen molar-refractivity contribution in [3.05, 3.63) is 48.0 Å². The lowest BCUT2D eigenvalue weighted by molar-refractivity contribution is -0.134. The van der Waals surface area contributed by atoms with Crippen LogP contribution in [0.3, 0.4) is 0 Å². The quantitative estimate of drug-likeness (QED) is 0.694. The van der Waals surface area contributed by atoms with E-state index < -0.39 is 22.2 Å². The Labute approximate surface area is 205 Å². The third kappa shape index (κ3) is 4.36. The van der Waals surface area contributed by atoms with Gasteiger partial charge in [-0.05, 0) is 50.5 Å². The van der Waals surface area contributed by atoms with Crippen LogP contribution in [0.5, 0.6) is 5.75 Å². The van der Waals surface area contributed by atoms with Gasteiger partial charge in [-0.25, -0.2) is 8.42 Å². The second-order valence-corrected chi connectivity index (χ2v) is 11.1. The minimum absolute atomic E-state index is 0.105. The lowest BCUT2D eigenvalue weighted by Gasteiger charge is -2.38. The van der Waals surface area contributed by atoms with Crippen molar-refractivity contribution in [1.29, 1.82) is 0 Å². The number of anilines is 2. The van der Waals surface area contributed by atoms with Gasteiger partial charge in [0.2, 0.25) is 15.9 Å². The van der Waals surface area contributed by atoms with Crippen LogP contribution in [0.25, 0.3) is 0 Å². The number of aryl methyl sites for hydroxylation is 1. The van der Waals surface area contributed by atoms with E-state index in [2.05, 4.69) is 22.3 Å². The van der Waals surface area contributed by atoms with Crippen LogP contribution in [0.2, 0.25) is 0 Å². The fourth-order valence-corrected chi connectivity index (χ4v) is 6.93. The number of ether oxygens (including phenoxy) is 1. The molecule has 2 saturated heterocycles. The summed E-state index contributed by atoms with van der Waals surface area (Å²) in [5, 5.41) is 2.75. The molecule has 2 atom stereocenters. The molecular formula is C25H30N4O5S. The van der Waals surface area contributed by atoms with Crippen molar-refractivity contribution in [2.75, 3.05) is 42.9 Å². The van der Waals surface area contributed by atoms with E-state index >= 15 is 0 Å². The molecule has 3 aliphatic rings. The van der Waals surface area contributed by atoms with Crippen LogP contribution >= 0.6 is 0 Å². The first-order chi connectivity index (χ1) is 16.8. The number of benzene rings is 2. The second kappa shape index (κ2) is 9.16. The lowest BCUT2D eigenvalue weighted by atomic mass is 10.1. The van der Waals surface area contributed by atoms with Crippen LogP contribution < -0.4 is 15.0 Å². The molecule has 0 bridgehead atoms. The van der Waals surface area contributed by atoms with Gasteiger partial charge in [0.1, 0.15) is 11.8 Å². The summed E-state index contributed by atoms with van der Waals surface area (Å²) >= 11 is 0. The molecule has 2 aromatic carbocycles. The molecule has 0 radical (unpaired) electrons. The minimum atomic E-state index is -3.94. The summed E-state index contributed by atoms with van der Waals surface area (Å²) in [6, 6.07) is 12.5. The Morgan fingerprint density at radius 1 is 1.06 bits per heavy atom. The van der Waals surface area contributed by atoms with Gasteiger partial charge in [-0.1, -0.05) is 18.2 Å². The first kappa shape index (κ1) is 23.6. The van der Waals surface area contributed by atoms with Gasteiger partial charge in [0.25, 0.3) is 5.91 Å². The van der Waals surface area contributed by atoms with Gasteiger partial charge in [-0.3, -0.25) is 9.59 Å². The minimum Gasteiger partial charge on any atom is -0.479 e. The van der Waals surface area contributed by atoms with Gasteiger partial charge in [0, 0.05) is 44.5 Å². The summed E-state index contributed by atoms with van der Waals surface area (Å²) < 4.78 is 34.4. The zero-order valence-electron chi connectivity index (χ0n) is 19.9. The molecule has 2 aromatic rings. The third-order valence-electron chi connectivity index (χ3n) is 7.00. The maximum absolute atomic E-state index is 13.7. The zero-order chi connectivity index (χ0) is 24.7. The number of amides is 2. The number of carbonyl (C=O) groups excluding carboxylic acids is 2.